The predicted molar refractivity (Wildman–Crippen MR) is 84.9 cm³/mol. The van der Waals surface area contributed by atoms with Gasteiger partial charge in [-0.05, 0) is 45.7 Å². The van der Waals surface area contributed by atoms with E-state index in [2.05, 4.69) is 62.2 Å². The average molecular weight is 431 g/mol. The van der Waals surface area contributed by atoms with Crippen LogP contribution in [0.25, 0.3) is 5.95 Å². The maximum absolute atomic E-state index is 5.92. The summed E-state index contributed by atoms with van der Waals surface area (Å²) in [6.07, 6.45) is 2.86. The maximum Gasteiger partial charge on any atom is 0.258 e. The minimum Gasteiger partial charge on any atom is -0.323 e. The van der Waals surface area contributed by atoms with Crippen molar-refractivity contribution in [1.82, 2.24) is 29.7 Å². The number of aromatic nitrogens is 6. The third-order valence-electron chi connectivity index (χ3n) is 2.40. The van der Waals surface area contributed by atoms with E-state index in [-0.39, 0.29) is 11.2 Å². The maximum atomic E-state index is 5.92. The number of rotatable bonds is 3. The summed E-state index contributed by atoms with van der Waals surface area (Å²) in [6, 6.07) is 5.68. The lowest BCUT2D eigenvalue weighted by atomic mass is 10.3. The Kier molecular flexibility index (Phi) is 4.13. The molecule has 2 aromatic heterocycles. The van der Waals surface area contributed by atoms with E-state index in [9.17, 15) is 0 Å². The summed E-state index contributed by atoms with van der Waals surface area (Å²) >= 11 is 12.8. The van der Waals surface area contributed by atoms with Gasteiger partial charge in [-0.3, -0.25) is 0 Å². The van der Waals surface area contributed by atoms with E-state index in [1.165, 1.54) is 17.3 Å². The summed E-state index contributed by atoms with van der Waals surface area (Å²) in [5.74, 6) is 0.590. The van der Waals surface area contributed by atoms with Crippen molar-refractivity contribution in [2.45, 2.75) is 0 Å². The third kappa shape index (κ3) is 3.36. The van der Waals surface area contributed by atoms with E-state index < -0.39 is 0 Å². The van der Waals surface area contributed by atoms with E-state index in [1.54, 1.807) is 0 Å². The lowest BCUT2D eigenvalue weighted by Gasteiger charge is -2.08. The van der Waals surface area contributed by atoms with Crippen LogP contribution < -0.4 is 5.32 Å². The summed E-state index contributed by atoms with van der Waals surface area (Å²) in [5.41, 5.74) is 0.796. The molecule has 1 aromatic carbocycles. The van der Waals surface area contributed by atoms with Crippen LogP contribution in [0.1, 0.15) is 0 Å². The highest BCUT2D eigenvalue weighted by Gasteiger charge is 2.09. The number of anilines is 2. The molecule has 0 saturated heterocycles. The van der Waals surface area contributed by atoms with Crippen molar-refractivity contribution in [2.24, 2.45) is 0 Å². The van der Waals surface area contributed by atoms with E-state index in [0.717, 1.165) is 14.6 Å². The second-order valence-corrected chi connectivity index (χ2v) is 5.93. The van der Waals surface area contributed by atoms with Crippen molar-refractivity contribution < 1.29 is 0 Å². The molecule has 7 nitrogen and oxygen atoms in total. The topological polar surface area (TPSA) is 81.4 Å². The summed E-state index contributed by atoms with van der Waals surface area (Å²) in [6.45, 7) is 0. The Balaban J connectivity index is 1.95. The Morgan fingerprint density at radius 3 is 2.71 bits per heavy atom. The quantitative estimate of drug-likeness (QED) is 0.685. The lowest BCUT2D eigenvalue weighted by Crippen LogP contribution is -2.07. The number of hydrogen-bond acceptors (Lipinski definition) is 6. The normalized spacial score (nSPS) is 10.6. The molecule has 1 N–H and O–H groups in total. The fourth-order valence-corrected chi connectivity index (χ4v) is 2.82. The molecule has 0 radical (unpaired) electrons. The molecule has 21 heavy (non-hydrogen) atoms. The van der Waals surface area contributed by atoms with Gasteiger partial charge in [0.05, 0.1) is 5.69 Å². The minimum atomic E-state index is 0.0613. The highest BCUT2D eigenvalue weighted by molar-refractivity contribution is 9.11. The van der Waals surface area contributed by atoms with Crippen LogP contribution in [0, 0.1) is 0 Å². The van der Waals surface area contributed by atoms with Gasteiger partial charge in [0.15, 0.2) is 0 Å². The van der Waals surface area contributed by atoms with Crippen LogP contribution >= 0.6 is 43.5 Å². The van der Waals surface area contributed by atoms with Crippen LogP contribution in [-0.2, 0) is 0 Å². The smallest absolute Gasteiger partial charge is 0.258 e. The average Bonchev–Trinajstić information content (AvgIpc) is 2.95. The standard InChI is InChI=1S/C11H6Br2ClN7/c12-6-1-2-8(7(13)3-6)17-10-18-9(14)19-11(20-10)21-5-15-4-16-21/h1-5H,(H,17,18,19,20). The van der Waals surface area contributed by atoms with Gasteiger partial charge < -0.3 is 5.32 Å². The Hall–Kier alpha value is -1.58. The fraction of sp³-hybridized carbons (Fsp3) is 0. The highest BCUT2D eigenvalue weighted by Crippen LogP contribution is 2.28. The Bertz CT molecular complexity index is 778. The molecule has 2 heterocycles. The van der Waals surface area contributed by atoms with Crippen molar-refractivity contribution in [2.75, 3.05) is 5.32 Å². The van der Waals surface area contributed by atoms with Crippen LogP contribution in [-0.4, -0.2) is 29.7 Å². The molecular formula is C11H6Br2ClN7. The third-order valence-corrected chi connectivity index (χ3v) is 3.72. The van der Waals surface area contributed by atoms with Gasteiger partial charge in [-0.25, -0.2) is 4.98 Å². The van der Waals surface area contributed by atoms with Crippen LogP contribution in [0.3, 0.4) is 0 Å². The molecule has 0 spiro atoms. The monoisotopic (exact) mass is 429 g/mol. The summed E-state index contributed by atoms with van der Waals surface area (Å²) in [7, 11) is 0. The van der Waals surface area contributed by atoms with Crippen LogP contribution in [0.5, 0.6) is 0 Å². The molecule has 0 aliphatic heterocycles. The molecule has 3 rings (SSSR count). The van der Waals surface area contributed by atoms with Gasteiger partial charge in [-0.2, -0.15) is 24.7 Å². The first-order chi connectivity index (χ1) is 10.1. The molecule has 0 fully saturated rings. The van der Waals surface area contributed by atoms with E-state index in [4.69, 9.17) is 11.6 Å². The number of benzene rings is 1. The SMILES string of the molecule is Clc1nc(Nc2ccc(Br)cc2Br)nc(-n2cncn2)n1. The Morgan fingerprint density at radius 1 is 1.14 bits per heavy atom. The zero-order valence-electron chi connectivity index (χ0n) is 10.2. The molecule has 0 aliphatic carbocycles. The van der Waals surface area contributed by atoms with Gasteiger partial charge in [0.2, 0.25) is 11.2 Å². The molecule has 0 unspecified atom stereocenters. The van der Waals surface area contributed by atoms with Gasteiger partial charge in [-0.1, -0.05) is 15.9 Å². The van der Waals surface area contributed by atoms with Crippen molar-refractivity contribution in [3.05, 3.63) is 45.1 Å². The van der Waals surface area contributed by atoms with E-state index >= 15 is 0 Å². The number of hydrogen-bond donors (Lipinski definition) is 1. The second kappa shape index (κ2) is 6.04. The number of halogens is 3. The minimum absolute atomic E-state index is 0.0613. The van der Waals surface area contributed by atoms with Crippen LogP contribution in [0.2, 0.25) is 5.28 Å². The van der Waals surface area contributed by atoms with Crippen molar-refractivity contribution in [3.8, 4) is 5.95 Å². The van der Waals surface area contributed by atoms with Gasteiger partial charge in [0, 0.05) is 8.95 Å². The van der Waals surface area contributed by atoms with Gasteiger partial charge in [0.25, 0.3) is 5.95 Å². The number of nitrogens with zero attached hydrogens (tertiary/aromatic N) is 6. The molecule has 0 atom stereocenters. The summed E-state index contributed by atoms with van der Waals surface area (Å²) in [5, 5.41) is 7.08. The predicted octanol–water partition coefficient (Wildman–Crippen LogP) is 3.37. The van der Waals surface area contributed by atoms with Crippen molar-refractivity contribution in [1.29, 1.82) is 0 Å². The Morgan fingerprint density at radius 2 is 2.00 bits per heavy atom. The van der Waals surface area contributed by atoms with Gasteiger partial charge in [-0.15, -0.1) is 0 Å². The van der Waals surface area contributed by atoms with Crippen molar-refractivity contribution >= 4 is 55.1 Å². The molecule has 0 amide bonds. The van der Waals surface area contributed by atoms with E-state index in [1.807, 2.05) is 18.2 Å². The second-order valence-electron chi connectivity index (χ2n) is 3.82. The Labute approximate surface area is 141 Å². The fourth-order valence-electron chi connectivity index (χ4n) is 1.52. The van der Waals surface area contributed by atoms with Gasteiger partial charge in [0.1, 0.15) is 12.7 Å². The van der Waals surface area contributed by atoms with E-state index in [0.29, 0.717) is 5.95 Å². The molecule has 106 valence electrons. The largest absolute Gasteiger partial charge is 0.323 e. The molecular weight excluding hydrogens is 425 g/mol. The lowest BCUT2D eigenvalue weighted by molar-refractivity contribution is 0.796. The number of nitrogens with one attached hydrogen (secondary N) is 1. The molecule has 0 saturated carbocycles. The van der Waals surface area contributed by atoms with Crippen LogP contribution in [0.4, 0.5) is 11.6 Å². The highest BCUT2D eigenvalue weighted by atomic mass is 79.9. The zero-order valence-corrected chi connectivity index (χ0v) is 14.1. The summed E-state index contributed by atoms with van der Waals surface area (Å²) < 4.78 is 3.21. The molecule has 3 aromatic rings. The zero-order chi connectivity index (χ0) is 14.8. The van der Waals surface area contributed by atoms with Crippen LogP contribution in [0.15, 0.2) is 39.8 Å². The van der Waals surface area contributed by atoms with Crippen molar-refractivity contribution in [3.63, 3.8) is 0 Å². The summed E-state index contributed by atoms with van der Waals surface area (Å²) in [4.78, 5) is 16.1. The first kappa shape index (κ1) is 14.4. The molecule has 0 aliphatic rings. The first-order valence-corrected chi connectivity index (χ1v) is 7.57. The first-order valence-electron chi connectivity index (χ1n) is 5.60. The molecule has 10 heteroatoms. The van der Waals surface area contributed by atoms with Gasteiger partial charge >= 0.3 is 0 Å². The molecule has 0 bridgehead atoms.